The van der Waals surface area contributed by atoms with Crippen molar-refractivity contribution in [2.75, 3.05) is 4.90 Å². The minimum absolute atomic E-state index is 0.0504. The van der Waals surface area contributed by atoms with Crippen LogP contribution in [0.15, 0.2) is 188 Å². The molecule has 4 aromatic heterocycles. The molecule has 3 aliphatic rings. The first kappa shape index (κ1) is 33.4. The van der Waals surface area contributed by atoms with Gasteiger partial charge in [0, 0.05) is 79.9 Å². The Morgan fingerprint density at radius 1 is 0.500 bits per heavy atom. The van der Waals surface area contributed by atoms with Gasteiger partial charge in [-0.15, -0.1) is 22.7 Å². The molecule has 0 spiro atoms. The fraction of sp³-hybridized carbons (Fsp3) is 0.0357. The molecule has 4 nitrogen and oxygen atoms in total. The fourth-order valence-electron chi connectivity index (χ4n) is 11.2. The predicted octanol–water partition coefficient (Wildman–Crippen LogP) is 15.6. The SMILES string of the molecule is C1=CC2c3ccccc3-c3cccc4c3c3c5c(ccc3n4-c3ccc4sc6ccccc6c4c3)N(c3nc4ccccc4nc3-c3cccc4sc6ccccc6c34)C(=C1)C52. The summed E-state index contributed by atoms with van der Waals surface area (Å²) < 4.78 is 7.68. The summed E-state index contributed by atoms with van der Waals surface area (Å²) in [7, 11) is 0. The van der Waals surface area contributed by atoms with Crippen LogP contribution < -0.4 is 4.90 Å². The average Bonchev–Trinajstić information content (AvgIpc) is 4.08. The van der Waals surface area contributed by atoms with Gasteiger partial charge < -0.3 is 4.57 Å². The van der Waals surface area contributed by atoms with E-state index in [4.69, 9.17) is 9.97 Å². The monoisotopic (exact) mass is 824 g/mol. The first-order valence-corrected chi connectivity index (χ1v) is 22.9. The Morgan fingerprint density at radius 2 is 1.19 bits per heavy atom. The Morgan fingerprint density at radius 3 is 2.11 bits per heavy atom. The molecule has 0 bridgehead atoms. The molecular formula is C56H32N4S2. The molecule has 0 N–H and O–H groups in total. The molecule has 1 aliphatic heterocycles. The molecule has 0 saturated heterocycles. The summed E-state index contributed by atoms with van der Waals surface area (Å²) in [6.07, 6.45) is 7.05. The highest BCUT2D eigenvalue weighted by Crippen LogP contribution is 2.61. The van der Waals surface area contributed by atoms with Crippen LogP contribution in [-0.2, 0) is 0 Å². The maximum atomic E-state index is 5.64. The van der Waals surface area contributed by atoms with E-state index in [1.54, 1.807) is 0 Å². The summed E-state index contributed by atoms with van der Waals surface area (Å²) in [5.74, 6) is 1.03. The number of allylic oxidation sites excluding steroid dienone is 4. The van der Waals surface area contributed by atoms with Gasteiger partial charge in [0.25, 0.3) is 0 Å². The summed E-state index contributed by atoms with van der Waals surface area (Å²) in [4.78, 5) is 13.7. The minimum Gasteiger partial charge on any atom is -0.309 e. The number of hydrogen-bond donors (Lipinski definition) is 0. The number of thiophene rings is 2. The van der Waals surface area contributed by atoms with E-state index >= 15 is 0 Å². The third-order valence-corrected chi connectivity index (χ3v) is 16.0. The first-order chi connectivity index (χ1) is 30.8. The standard InChI is InChI=1S/C56H32N4S2/c1-2-13-33-32(12-1)35-16-9-21-42-51(35)53-44(59(42)31-26-29-48-39(30-31)34-14-3-7-23-46(34)61-48)27-28-45-54(53)52-36(33)17-10-22-43(52)60(45)56-55(57-40-19-5-6-20-41(40)58-56)38-18-11-25-49-50(38)37-15-4-8-24-47(37)62-49/h1-30,36,52H. The van der Waals surface area contributed by atoms with Gasteiger partial charge in [0.05, 0.1) is 27.8 Å². The minimum atomic E-state index is 0.0504. The third-order valence-electron chi connectivity index (χ3n) is 13.7. The van der Waals surface area contributed by atoms with Crippen LogP contribution in [0.2, 0.25) is 0 Å². The van der Waals surface area contributed by atoms with Crippen LogP contribution in [0.5, 0.6) is 0 Å². The van der Waals surface area contributed by atoms with Gasteiger partial charge in [0.1, 0.15) is 5.69 Å². The summed E-state index contributed by atoms with van der Waals surface area (Å²) in [5.41, 5.74) is 15.1. The van der Waals surface area contributed by atoms with Crippen LogP contribution in [0, 0.1) is 0 Å². The number of benzene rings is 8. The van der Waals surface area contributed by atoms with Gasteiger partial charge in [-0.3, -0.25) is 4.90 Å². The van der Waals surface area contributed by atoms with Crippen molar-refractivity contribution in [2.45, 2.75) is 11.8 Å². The number of anilines is 2. The van der Waals surface area contributed by atoms with E-state index < -0.39 is 0 Å². The van der Waals surface area contributed by atoms with Gasteiger partial charge >= 0.3 is 0 Å². The molecule has 62 heavy (non-hydrogen) atoms. The van der Waals surface area contributed by atoms with E-state index in [-0.39, 0.29) is 11.8 Å². The molecule has 15 rings (SSSR count). The number of para-hydroxylation sites is 2. The van der Waals surface area contributed by atoms with Gasteiger partial charge in [-0.05, 0) is 95.1 Å². The fourth-order valence-corrected chi connectivity index (χ4v) is 13.5. The summed E-state index contributed by atoms with van der Waals surface area (Å²) >= 11 is 3.71. The molecule has 0 saturated carbocycles. The Hall–Kier alpha value is -7.38. The lowest BCUT2D eigenvalue weighted by atomic mass is 9.73. The van der Waals surface area contributed by atoms with Crippen LogP contribution in [0.3, 0.4) is 0 Å². The quantitative estimate of drug-likeness (QED) is 0.178. The predicted molar refractivity (Wildman–Crippen MR) is 262 cm³/mol. The van der Waals surface area contributed by atoms with Crippen molar-refractivity contribution in [3.63, 3.8) is 0 Å². The molecule has 0 amide bonds. The van der Waals surface area contributed by atoms with E-state index in [1.165, 1.54) is 101 Å². The summed E-state index contributed by atoms with van der Waals surface area (Å²) in [6.45, 7) is 0. The van der Waals surface area contributed by atoms with Crippen molar-refractivity contribution in [3.8, 4) is 28.1 Å². The molecule has 2 aliphatic carbocycles. The molecule has 12 aromatic rings. The molecule has 6 heteroatoms. The topological polar surface area (TPSA) is 34.0 Å². The summed E-state index contributed by atoms with van der Waals surface area (Å²) in [5, 5.41) is 7.71. The Bertz CT molecular complexity index is 4030. The second-order valence-electron chi connectivity index (χ2n) is 16.8. The van der Waals surface area contributed by atoms with Gasteiger partial charge in [0.15, 0.2) is 5.82 Å². The van der Waals surface area contributed by atoms with Gasteiger partial charge in [-0.1, -0.05) is 109 Å². The van der Waals surface area contributed by atoms with Crippen molar-refractivity contribution in [1.29, 1.82) is 0 Å². The largest absolute Gasteiger partial charge is 0.309 e. The summed E-state index contributed by atoms with van der Waals surface area (Å²) in [6, 6.07) is 60.4. The highest BCUT2D eigenvalue weighted by Gasteiger charge is 2.45. The van der Waals surface area contributed by atoms with Crippen molar-refractivity contribution >= 4 is 107 Å². The lowest BCUT2D eigenvalue weighted by Crippen LogP contribution is -2.21. The Kier molecular flexibility index (Phi) is 6.53. The third kappa shape index (κ3) is 4.30. The van der Waals surface area contributed by atoms with E-state index in [1.807, 2.05) is 22.7 Å². The van der Waals surface area contributed by atoms with Crippen LogP contribution in [-0.4, -0.2) is 14.5 Å². The van der Waals surface area contributed by atoms with E-state index in [0.29, 0.717) is 0 Å². The van der Waals surface area contributed by atoms with Crippen LogP contribution in [0.25, 0.3) is 101 Å². The lowest BCUT2D eigenvalue weighted by Gasteiger charge is -2.31. The van der Waals surface area contributed by atoms with Crippen LogP contribution in [0.1, 0.15) is 23.0 Å². The molecule has 5 heterocycles. The smallest absolute Gasteiger partial charge is 0.164 e. The van der Waals surface area contributed by atoms with Crippen LogP contribution >= 0.6 is 22.7 Å². The number of aromatic nitrogens is 3. The molecule has 288 valence electrons. The second kappa shape index (κ2) is 12.1. The van der Waals surface area contributed by atoms with Crippen molar-refractivity contribution in [1.82, 2.24) is 14.5 Å². The van der Waals surface area contributed by atoms with Crippen molar-refractivity contribution < 1.29 is 0 Å². The van der Waals surface area contributed by atoms with Gasteiger partial charge in [-0.2, -0.15) is 0 Å². The number of hydrogen-bond acceptors (Lipinski definition) is 5. The molecule has 8 aromatic carbocycles. The van der Waals surface area contributed by atoms with Gasteiger partial charge in [-0.25, -0.2) is 9.97 Å². The molecule has 2 atom stereocenters. The second-order valence-corrected chi connectivity index (χ2v) is 18.9. The highest BCUT2D eigenvalue weighted by atomic mass is 32.1. The molecule has 0 radical (unpaired) electrons. The Balaban J connectivity index is 1.07. The lowest BCUT2D eigenvalue weighted by molar-refractivity contribution is 0.711. The molecule has 2 unspecified atom stereocenters. The number of rotatable bonds is 3. The van der Waals surface area contributed by atoms with E-state index in [0.717, 1.165) is 28.1 Å². The Labute approximate surface area is 363 Å². The maximum Gasteiger partial charge on any atom is 0.164 e. The first-order valence-electron chi connectivity index (χ1n) is 21.2. The zero-order valence-corrected chi connectivity index (χ0v) is 34.7. The van der Waals surface area contributed by atoms with Gasteiger partial charge in [0.2, 0.25) is 0 Å². The van der Waals surface area contributed by atoms with Crippen molar-refractivity contribution in [2.24, 2.45) is 0 Å². The molecular weight excluding hydrogens is 793 g/mol. The number of nitrogens with zero attached hydrogens (tertiary/aromatic N) is 4. The molecule has 0 fully saturated rings. The van der Waals surface area contributed by atoms with E-state index in [2.05, 4.69) is 191 Å². The number of fused-ring (bicyclic) bond motifs is 10. The average molecular weight is 825 g/mol. The van der Waals surface area contributed by atoms with Crippen molar-refractivity contribution in [3.05, 3.63) is 199 Å². The maximum absolute atomic E-state index is 5.64. The zero-order chi connectivity index (χ0) is 40.2. The van der Waals surface area contributed by atoms with E-state index in [9.17, 15) is 0 Å². The normalized spacial score (nSPS) is 16.4. The zero-order valence-electron chi connectivity index (χ0n) is 33.1. The van der Waals surface area contributed by atoms with Crippen LogP contribution in [0.4, 0.5) is 11.5 Å². The highest BCUT2D eigenvalue weighted by molar-refractivity contribution is 7.26.